The average molecular weight is 186 g/mol. The van der Waals surface area contributed by atoms with Crippen LogP contribution in [0.5, 0.6) is 0 Å². The van der Waals surface area contributed by atoms with Crippen LogP contribution < -0.4 is 10.6 Å². The molecule has 0 spiro atoms. The first kappa shape index (κ1) is 9.45. The smallest absolute Gasteiger partial charge is 0.228 e. The van der Waals surface area contributed by atoms with E-state index in [1.165, 1.54) is 0 Å². The molecule has 0 bridgehead atoms. The van der Waals surface area contributed by atoms with E-state index in [1.807, 2.05) is 13.8 Å². The Labute approximate surface area is 77.9 Å². The van der Waals surface area contributed by atoms with Crippen molar-refractivity contribution in [3.63, 3.8) is 0 Å². The molecule has 0 radical (unpaired) electrons. The van der Waals surface area contributed by atoms with Crippen molar-refractivity contribution >= 4 is 23.2 Å². The number of carbonyl (C=O) groups excluding carboxylic acids is 1. The molecule has 1 fully saturated rings. The summed E-state index contributed by atoms with van der Waals surface area (Å²) in [5, 5.41) is 6.14. The van der Waals surface area contributed by atoms with Gasteiger partial charge in [0.15, 0.2) is 5.11 Å². The van der Waals surface area contributed by atoms with Crippen molar-refractivity contribution in [2.45, 2.75) is 32.7 Å². The van der Waals surface area contributed by atoms with E-state index in [0.717, 1.165) is 12.8 Å². The van der Waals surface area contributed by atoms with E-state index in [0.29, 0.717) is 11.2 Å². The van der Waals surface area contributed by atoms with Gasteiger partial charge in [-0.2, -0.15) is 0 Å². The van der Waals surface area contributed by atoms with E-state index in [-0.39, 0.29) is 11.8 Å². The quantitative estimate of drug-likeness (QED) is 0.627. The molecule has 2 N–H and O–H groups in total. The summed E-state index contributed by atoms with van der Waals surface area (Å²) in [6.07, 6.45) is 2.33. The lowest BCUT2D eigenvalue weighted by atomic mass is 10.2. The summed E-state index contributed by atoms with van der Waals surface area (Å²) < 4.78 is 0. The second kappa shape index (κ2) is 3.85. The molecule has 1 rings (SSSR count). The van der Waals surface area contributed by atoms with E-state index in [1.54, 1.807) is 0 Å². The van der Waals surface area contributed by atoms with E-state index >= 15 is 0 Å². The summed E-state index contributed by atoms with van der Waals surface area (Å²) in [6, 6.07) is 0.505. The van der Waals surface area contributed by atoms with Crippen LogP contribution in [0.25, 0.3) is 0 Å². The molecule has 0 unspecified atom stereocenters. The lowest BCUT2D eigenvalue weighted by Crippen LogP contribution is -2.41. The van der Waals surface area contributed by atoms with Gasteiger partial charge >= 0.3 is 0 Å². The van der Waals surface area contributed by atoms with Gasteiger partial charge in [0.05, 0.1) is 0 Å². The first-order valence-electron chi connectivity index (χ1n) is 4.21. The largest absolute Gasteiger partial charge is 0.360 e. The van der Waals surface area contributed by atoms with Crippen LogP contribution >= 0.6 is 12.2 Å². The summed E-state index contributed by atoms with van der Waals surface area (Å²) in [7, 11) is 0. The van der Waals surface area contributed by atoms with Crippen molar-refractivity contribution in [1.82, 2.24) is 10.6 Å². The van der Waals surface area contributed by atoms with Gasteiger partial charge in [0.25, 0.3) is 0 Å². The number of thiocarbonyl (C=S) groups is 1. The molecule has 0 aromatic rings. The van der Waals surface area contributed by atoms with Crippen molar-refractivity contribution < 1.29 is 4.79 Å². The van der Waals surface area contributed by atoms with Gasteiger partial charge in [-0.05, 0) is 25.1 Å². The van der Waals surface area contributed by atoms with Gasteiger partial charge in [0, 0.05) is 12.0 Å². The Morgan fingerprint density at radius 3 is 2.50 bits per heavy atom. The number of carbonyl (C=O) groups is 1. The lowest BCUT2D eigenvalue weighted by molar-refractivity contribution is -0.122. The van der Waals surface area contributed by atoms with Crippen LogP contribution in [-0.2, 0) is 4.79 Å². The molecule has 4 heteroatoms. The zero-order chi connectivity index (χ0) is 9.14. The molecule has 0 heterocycles. The first-order valence-corrected chi connectivity index (χ1v) is 4.62. The van der Waals surface area contributed by atoms with E-state index in [9.17, 15) is 4.79 Å². The summed E-state index contributed by atoms with van der Waals surface area (Å²) in [5.41, 5.74) is 0. The maximum Gasteiger partial charge on any atom is 0.228 e. The molecular formula is C8H14N2OS. The fraction of sp³-hybridized carbons (Fsp3) is 0.750. The first-order chi connectivity index (χ1) is 5.59. The minimum absolute atomic E-state index is 0.0102. The van der Waals surface area contributed by atoms with Crippen LogP contribution in [0.4, 0.5) is 0 Å². The molecule has 1 aliphatic carbocycles. The Morgan fingerprint density at radius 1 is 1.50 bits per heavy atom. The van der Waals surface area contributed by atoms with Crippen molar-refractivity contribution in [3.8, 4) is 0 Å². The molecular weight excluding hydrogens is 172 g/mol. The Bertz CT molecular complexity index is 199. The molecule has 1 amide bonds. The molecule has 0 aromatic heterocycles. The van der Waals surface area contributed by atoms with Gasteiger partial charge in [0.2, 0.25) is 5.91 Å². The third kappa shape index (κ3) is 3.17. The zero-order valence-corrected chi connectivity index (χ0v) is 8.20. The van der Waals surface area contributed by atoms with Crippen LogP contribution in [0.1, 0.15) is 26.7 Å². The summed E-state index contributed by atoms with van der Waals surface area (Å²) in [5.74, 6) is -0.0305. The molecule has 0 aromatic carbocycles. The highest BCUT2D eigenvalue weighted by atomic mass is 32.1. The number of hydrogen-bond donors (Lipinski definition) is 2. The van der Waals surface area contributed by atoms with Gasteiger partial charge in [0.1, 0.15) is 0 Å². The highest BCUT2D eigenvalue weighted by molar-refractivity contribution is 7.80. The summed E-state index contributed by atoms with van der Waals surface area (Å²) in [4.78, 5) is 11.1. The topological polar surface area (TPSA) is 41.1 Å². The minimum atomic E-state index is -0.0202. The average Bonchev–Trinajstić information content (AvgIpc) is 2.71. The monoisotopic (exact) mass is 186 g/mol. The second-order valence-electron chi connectivity index (χ2n) is 3.39. The Morgan fingerprint density at radius 2 is 2.08 bits per heavy atom. The van der Waals surface area contributed by atoms with Gasteiger partial charge in [-0.3, -0.25) is 4.79 Å². The molecule has 0 atom stereocenters. The van der Waals surface area contributed by atoms with E-state index in [2.05, 4.69) is 10.6 Å². The molecule has 0 aliphatic heterocycles. The van der Waals surface area contributed by atoms with Gasteiger partial charge in [-0.25, -0.2) is 0 Å². The maximum atomic E-state index is 11.1. The molecule has 3 nitrogen and oxygen atoms in total. The molecule has 1 saturated carbocycles. The van der Waals surface area contributed by atoms with Crippen molar-refractivity contribution in [3.05, 3.63) is 0 Å². The number of amides is 1. The van der Waals surface area contributed by atoms with Crippen LogP contribution in [0.15, 0.2) is 0 Å². The Balaban J connectivity index is 2.20. The van der Waals surface area contributed by atoms with Crippen LogP contribution in [0.2, 0.25) is 0 Å². The number of rotatable bonds is 2. The van der Waals surface area contributed by atoms with Crippen molar-refractivity contribution in [1.29, 1.82) is 0 Å². The van der Waals surface area contributed by atoms with Crippen LogP contribution in [0, 0.1) is 5.92 Å². The molecule has 0 saturated heterocycles. The fourth-order valence-electron chi connectivity index (χ4n) is 0.705. The number of nitrogens with one attached hydrogen (secondary N) is 2. The fourth-order valence-corrected chi connectivity index (χ4v) is 0.973. The predicted molar refractivity (Wildman–Crippen MR) is 51.7 cm³/mol. The standard InChI is InChI=1S/C8H14N2OS/c1-5(2)7(11)10-8(12)9-6-3-4-6/h5-6H,3-4H2,1-2H3,(H2,9,10,11,12). The normalized spacial score (nSPS) is 15.9. The van der Waals surface area contributed by atoms with Gasteiger partial charge in [-0.15, -0.1) is 0 Å². The Kier molecular flexibility index (Phi) is 3.03. The van der Waals surface area contributed by atoms with Crippen LogP contribution in [0.3, 0.4) is 0 Å². The van der Waals surface area contributed by atoms with Crippen molar-refractivity contribution in [2.75, 3.05) is 0 Å². The predicted octanol–water partition coefficient (Wildman–Crippen LogP) is 0.795. The zero-order valence-electron chi connectivity index (χ0n) is 7.39. The van der Waals surface area contributed by atoms with Crippen molar-refractivity contribution in [2.24, 2.45) is 5.92 Å². The molecule has 1 aliphatic rings. The minimum Gasteiger partial charge on any atom is -0.360 e. The molecule has 12 heavy (non-hydrogen) atoms. The summed E-state index contributed by atoms with van der Waals surface area (Å²) in [6.45, 7) is 3.68. The molecule has 68 valence electrons. The third-order valence-electron chi connectivity index (χ3n) is 1.67. The highest BCUT2D eigenvalue weighted by Crippen LogP contribution is 2.18. The SMILES string of the molecule is CC(C)C(=O)NC(=S)NC1CC1. The maximum absolute atomic E-state index is 11.1. The van der Waals surface area contributed by atoms with E-state index in [4.69, 9.17) is 12.2 Å². The summed E-state index contributed by atoms with van der Waals surface area (Å²) >= 11 is 4.92. The van der Waals surface area contributed by atoms with Gasteiger partial charge < -0.3 is 10.6 Å². The third-order valence-corrected chi connectivity index (χ3v) is 1.89. The van der Waals surface area contributed by atoms with Gasteiger partial charge in [-0.1, -0.05) is 13.8 Å². The lowest BCUT2D eigenvalue weighted by Gasteiger charge is -2.09. The highest BCUT2D eigenvalue weighted by Gasteiger charge is 2.22. The second-order valence-corrected chi connectivity index (χ2v) is 3.80. The Hall–Kier alpha value is -0.640. The number of hydrogen-bond acceptors (Lipinski definition) is 2. The van der Waals surface area contributed by atoms with E-state index < -0.39 is 0 Å². The van der Waals surface area contributed by atoms with Crippen LogP contribution in [-0.4, -0.2) is 17.1 Å².